The molecule has 3 atom stereocenters. The van der Waals surface area contributed by atoms with Crippen molar-refractivity contribution in [1.82, 2.24) is 24.9 Å². The number of nitrogens with one attached hydrogen (secondary N) is 1. The lowest BCUT2D eigenvalue weighted by Crippen LogP contribution is -2.53. The molecule has 4 aromatic rings. The molecule has 0 unspecified atom stereocenters. The Kier molecular flexibility index (Phi) is 6.99. The number of pyridine rings is 2. The quantitative estimate of drug-likeness (QED) is 0.213. The van der Waals surface area contributed by atoms with E-state index >= 15 is 4.39 Å². The maximum atomic E-state index is 15.0. The first kappa shape index (κ1) is 27.5. The lowest BCUT2D eigenvalue weighted by Gasteiger charge is -2.43. The lowest BCUT2D eigenvalue weighted by molar-refractivity contribution is -0.213. The summed E-state index contributed by atoms with van der Waals surface area (Å²) in [5, 5.41) is 12.9. The van der Waals surface area contributed by atoms with Gasteiger partial charge in [0.1, 0.15) is 23.9 Å². The Balaban J connectivity index is 1.43. The van der Waals surface area contributed by atoms with Gasteiger partial charge in [-0.2, -0.15) is 17.6 Å². The normalized spacial score (nSPS) is 22.1. The van der Waals surface area contributed by atoms with Crippen LogP contribution in [0.15, 0.2) is 52.7 Å². The Bertz CT molecular complexity index is 1570. The molecule has 4 N–H and O–H groups in total. The number of alkyl halides is 3. The van der Waals surface area contributed by atoms with Gasteiger partial charge >= 0.3 is 6.18 Å². The molecule has 40 heavy (non-hydrogen) atoms. The van der Waals surface area contributed by atoms with Gasteiger partial charge < -0.3 is 25.3 Å². The van der Waals surface area contributed by atoms with Gasteiger partial charge in [0.15, 0.2) is 23.7 Å². The number of amidine groups is 1. The van der Waals surface area contributed by atoms with E-state index in [0.717, 1.165) is 0 Å². The van der Waals surface area contributed by atoms with Gasteiger partial charge in [-0.3, -0.25) is 4.99 Å². The fourth-order valence-corrected chi connectivity index (χ4v) is 5.84. The Morgan fingerprint density at radius 2 is 1.98 bits per heavy atom. The molecule has 0 saturated carbocycles. The minimum atomic E-state index is -4.91. The van der Waals surface area contributed by atoms with Gasteiger partial charge in [0, 0.05) is 11.6 Å². The third-order valence-corrected chi connectivity index (χ3v) is 7.39. The summed E-state index contributed by atoms with van der Waals surface area (Å²) >= 11 is 0.594. The number of oxazole rings is 1. The van der Waals surface area contributed by atoms with Gasteiger partial charge in [-0.25, -0.2) is 24.9 Å². The van der Waals surface area contributed by atoms with Gasteiger partial charge in [-0.1, -0.05) is 11.8 Å². The molecule has 0 radical (unpaired) electrons. The van der Waals surface area contributed by atoms with E-state index in [1.54, 1.807) is 6.07 Å². The first-order valence-electron chi connectivity index (χ1n) is 11.7. The first-order chi connectivity index (χ1) is 18.9. The molecule has 0 amide bonds. The highest BCUT2D eigenvalue weighted by Gasteiger charge is 2.56. The van der Waals surface area contributed by atoms with Crippen molar-refractivity contribution in [3.8, 4) is 5.75 Å². The summed E-state index contributed by atoms with van der Waals surface area (Å²) < 4.78 is 64.3. The van der Waals surface area contributed by atoms with Gasteiger partial charge in [0.2, 0.25) is 11.8 Å². The Labute approximate surface area is 228 Å². The average Bonchev–Trinajstić information content (AvgIpc) is 3.40. The molecule has 11 nitrogen and oxygen atoms in total. The van der Waals surface area contributed by atoms with Crippen LogP contribution in [0.1, 0.15) is 31.7 Å². The molecular formula is C24H22F4N8O3S. The number of aromatic nitrogens is 5. The molecule has 0 aliphatic carbocycles. The van der Waals surface area contributed by atoms with E-state index in [2.05, 4.69) is 35.2 Å². The minimum Gasteiger partial charge on any atom is -0.482 e. The summed E-state index contributed by atoms with van der Waals surface area (Å²) in [5.41, 5.74) is 5.25. The summed E-state index contributed by atoms with van der Waals surface area (Å²) in [6.45, 7) is 2.74. The molecule has 4 aromatic heterocycles. The zero-order valence-electron chi connectivity index (χ0n) is 21.0. The molecule has 0 spiro atoms. The number of nitrogens with two attached hydrogens (primary N) is 1. The second-order valence-electron chi connectivity index (χ2n) is 9.42. The van der Waals surface area contributed by atoms with Gasteiger partial charge in [-0.15, -0.1) is 0 Å². The number of fused-ring (bicyclic) bond motifs is 1. The fourth-order valence-electron chi connectivity index (χ4n) is 4.51. The van der Waals surface area contributed by atoms with Crippen molar-refractivity contribution in [1.29, 1.82) is 0 Å². The van der Waals surface area contributed by atoms with Crippen LogP contribution in [0.25, 0.3) is 11.0 Å². The topological polar surface area (TPSA) is 157 Å². The molecular weight excluding hydrogens is 556 g/mol. The number of thioether (sulfide) groups is 1. The average molecular weight is 579 g/mol. The first-order valence-corrected chi connectivity index (χ1v) is 12.5. The standard InChI is InChI=1S/C24H22F4N8O3S/c1-22(10-23(2,40-21(29)36-22)20(37)24(26,27)28)14-5-12(7-32-18(14)25)35-19-17-15(33-11-34-19)6-13(8-31-17)39-9-16-30-3-4-38-16/h3-8,11,20,37H,9-10H2,1-2H3,(H2,29,36)(H,33,34,35)/t20-,22+,23-/m1/s1. The van der Waals surface area contributed by atoms with Crippen molar-refractivity contribution in [2.75, 3.05) is 5.32 Å². The van der Waals surface area contributed by atoms with Crippen LogP contribution >= 0.6 is 11.8 Å². The van der Waals surface area contributed by atoms with E-state index in [9.17, 15) is 18.3 Å². The predicted octanol–water partition coefficient (Wildman–Crippen LogP) is 4.22. The van der Waals surface area contributed by atoms with Gasteiger partial charge in [0.25, 0.3) is 0 Å². The van der Waals surface area contributed by atoms with Crippen molar-refractivity contribution < 1.29 is 31.8 Å². The second-order valence-corrected chi connectivity index (χ2v) is 11.0. The lowest BCUT2D eigenvalue weighted by atomic mass is 9.81. The van der Waals surface area contributed by atoms with E-state index in [0.29, 0.717) is 34.4 Å². The third-order valence-electron chi connectivity index (χ3n) is 6.26. The number of anilines is 2. The molecule has 0 bridgehead atoms. The van der Waals surface area contributed by atoms with E-state index in [1.165, 1.54) is 51.1 Å². The van der Waals surface area contributed by atoms with Crippen molar-refractivity contribution in [3.63, 3.8) is 0 Å². The number of halogens is 4. The summed E-state index contributed by atoms with van der Waals surface area (Å²) in [6, 6.07) is 2.99. The summed E-state index contributed by atoms with van der Waals surface area (Å²) in [5.74, 6) is 0.102. The van der Waals surface area contributed by atoms with Crippen molar-refractivity contribution >= 4 is 39.5 Å². The molecule has 1 aliphatic rings. The van der Waals surface area contributed by atoms with Crippen molar-refractivity contribution in [3.05, 3.63) is 60.7 Å². The highest BCUT2D eigenvalue weighted by atomic mass is 32.2. The smallest absolute Gasteiger partial charge is 0.415 e. The Hall–Kier alpha value is -4.05. The second kappa shape index (κ2) is 10.2. The van der Waals surface area contributed by atoms with Crippen LogP contribution in [0.2, 0.25) is 0 Å². The Morgan fingerprint density at radius 1 is 1.18 bits per heavy atom. The van der Waals surface area contributed by atoms with Crippen molar-refractivity contribution in [2.45, 2.75) is 49.4 Å². The maximum absolute atomic E-state index is 15.0. The number of nitrogens with zero attached hydrogens (tertiary/aromatic N) is 6. The highest BCUT2D eigenvalue weighted by molar-refractivity contribution is 8.15. The zero-order valence-corrected chi connectivity index (χ0v) is 21.8. The summed E-state index contributed by atoms with van der Waals surface area (Å²) in [7, 11) is 0. The minimum absolute atomic E-state index is 0.0870. The SMILES string of the molecule is C[C@]1([C@@H](O)C(F)(F)F)C[C@@](C)(c2cc(Nc3ncnc4cc(OCc5ncco5)cnc34)cnc2F)N=C(N)S1. The van der Waals surface area contributed by atoms with Crippen LogP contribution < -0.4 is 15.8 Å². The molecule has 0 aromatic carbocycles. The van der Waals surface area contributed by atoms with E-state index in [-0.39, 0.29) is 35.3 Å². The summed E-state index contributed by atoms with van der Waals surface area (Å²) in [4.78, 5) is 24.8. The van der Waals surface area contributed by atoms with E-state index < -0.39 is 28.5 Å². The largest absolute Gasteiger partial charge is 0.482 e. The molecule has 0 saturated heterocycles. The van der Waals surface area contributed by atoms with Gasteiger partial charge in [-0.05, 0) is 26.3 Å². The number of hydrogen-bond donors (Lipinski definition) is 3. The zero-order chi connectivity index (χ0) is 28.7. The van der Waals surface area contributed by atoms with Crippen molar-refractivity contribution in [2.24, 2.45) is 10.7 Å². The molecule has 210 valence electrons. The molecule has 16 heteroatoms. The Morgan fingerprint density at radius 3 is 2.70 bits per heavy atom. The summed E-state index contributed by atoms with van der Waals surface area (Å²) in [6.07, 6.45) is -1.15. The van der Waals surface area contributed by atoms with Crippen LogP contribution in [-0.2, 0) is 12.1 Å². The van der Waals surface area contributed by atoms with E-state index in [1.807, 2.05) is 0 Å². The number of aliphatic hydroxyl groups excluding tert-OH is 1. The number of hydrogen-bond acceptors (Lipinski definition) is 12. The van der Waals surface area contributed by atoms with Crippen LogP contribution in [0, 0.1) is 5.95 Å². The highest BCUT2D eigenvalue weighted by Crippen LogP contribution is 2.50. The molecule has 5 heterocycles. The van der Waals surface area contributed by atoms with Gasteiger partial charge in [0.05, 0.1) is 40.1 Å². The van der Waals surface area contributed by atoms with Crippen LogP contribution in [0.5, 0.6) is 5.75 Å². The number of rotatable bonds is 7. The fraction of sp³-hybridized carbons (Fsp3) is 0.333. The number of aliphatic hydroxyl groups is 1. The van der Waals surface area contributed by atoms with Crippen LogP contribution in [0.4, 0.5) is 29.1 Å². The predicted molar refractivity (Wildman–Crippen MR) is 137 cm³/mol. The third kappa shape index (κ3) is 5.49. The van der Waals surface area contributed by atoms with Crippen LogP contribution in [-0.4, -0.2) is 52.2 Å². The molecule has 5 rings (SSSR count). The molecule has 0 fully saturated rings. The monoisotopic (exact) mass is 578 g/mol. The number of aliphatic imine (C=N–C) groups is 1. The molecule has 1 aliphatic heterocycles. The maximum Gasteiger partial charge on any atom is 0.415 e. The van der Waals surface area contributed by atoms with Crippen LogP contribution in [0.3, 0.4) is 0 Å². The van der Waals surface area contributed by atoms with E-state index in [4.69, 9.17) is 14.9 Å². The number of ether oxygens (including phenoxy) is 1.